The van der Waals surface area contributed by atoms with Gasteiger partial charge in [0.25, 0.3) is 11.8 Å². The van der Waals surface area contributed by atoms with E-state index in [1.807, 2.05) is 70.5 Å². The topological polar surface area (TPSA) is 82.2 Å². The van der Waals surface area contributed by atoms with Gasteiger partial charge in [-0.2, -0.15) is 15.4 Å². The largest absolute Gasteiger partial charge is 0.338 e. The zero-order valence-electron chi connectivity index (χ0n) is 19.5. The molecule has 3 fully saturated rings. The molecule has 1 aromatic heterocycles. The van der Waals surface area contributed by atoms with Crippen LogP contribution in [0, 0.1) is 23.7 Å². The van der Waals surface area contributed by atoms with E-state index in [-0.39, 0.29) is 14.7 Å². The summed E-state index contributed by atoms with van der Waals surface area (Å²) in [7, 11) is 0. The number of carbonyl (C=O) groups is 2. The number of benzene rings is 3. The van der Waals surface area contributed by atoms with E-state index in [0.29, 0.717) is 39.8 Å². The second-order valence-corrected chi connectivity index (χ2v) is 10.6. The Kier molecular flexibility index (Phi) is 4.89. The lowest BCUT2D eigenvalue weighted by Crippen LogP contribution is -2.44. The van der Waals surface area contributed by atoms with Gasteiger partial charge in [-0.3, -0.25) is 9.59 Å². The summed E-state index contributed by atoms with van der Waals surface area (Å²) in [6.45, 7) is 3.08. The van der Waals surface area contributed by atoms with E-state index < -0.39 is 0 Å². The third kappa shape index (κ3) is 3.41. The highest BCUT2D eigenvalue weighted by atomic mass is 35.5. The van der Waals surface area contributed by atoms with Crippen molar-refractivity contribution in [1.29, 1.82) is 0 Å². The number of amides is 2. The highest BCUT2D eigenvalue weighted by Crippen LogP contribution is 2.54. The molecule has 2 unspecified atom stereocenters. The average molecular weight is 502 g/mol. The smallest absolute Gasteiger partial charge is 0.253 e. The van der Waals surface area contributed by atoms with Gasteiger partial charge in [-0.05, 0) is 77.3 Å². The van der Waals surface area contributed by atoms with Gasteiger partial charge in [0.1, 0.15) is 11.0 Å². The van der Waals surface area contributed by atoms with Crippen molar-refractivity contribution in [2.75, 3.05) is 26.2 Å². The van der Waals surface area contributed by atoms with Crippen molar-refractivity contribution in [2.45, 2.75) is 0 Å². The maximum atomic E-state index is 13.3. The number of hydrogen-bond donors (Lipinski definition) is 1. The minimum Gasteiger partial charge on any atom is -0.338 e. The number of nitrogens with one attached hydrogen (secondary N) is 1. The fraction of sp³-hybridized carbons (Fsp3) is 0.286. The summed E-state index contributed by atoms with van der Waals surface area (Å²) < 4.78 is 0. The summed E-state index contributed by atoms with van der Waals surface area (Å²) >= 11 is 5.99. The Labute approximate surface area is 216 Å². The minimum absolute atomic E-state index is 0. The van der Waals surface area contributed by atoms with Crippen LogP contribution in [-0.2, 0) is 0 Å². The van der Waals surface area contributed by atoms with E-state index in [0.717, 1.165) is 48.4 Å². The average Bonchev–Trinajstić information content (AvgIpc) is 3.62. The van der Waals surface area contributed by atoms with Crippen LogP contribution in [0.1, 0.15) is 23.6 Å². The molecule has 4 aromatic rings. The maximum Gasteiger partial charge on any atom is 0.253 e. The molecule has 3 aliphatic rings. The van der Waals surface area contributed by atoms with Gasteiger partial charge in [-0.15, -0.1) is 0 Å². The zero-order chi connectivity index (χ0) is 24.4. The van der Waals surface area contributed by atoms with Crippen LogP contribution in [0.4, 0.5) is 0 Å². The summed E-state index contributed by atoms with van der Waals surface area (Å²) in [5, 5.41) is 11.5. The number of nitrogens with zero attached hydrogens (tertiary/aromatic N) is 4. The molecule has 1 N–H and O–H groups in total. The van der Waals surface area contributed by atoms with E-state index in [1.165, 1.54) is 0 Å². The molecule has 184 valence electrons. The van der Waals surface area contributed by atoms with Crippen LogP contribution in [0.3, 0.4) is 0 Å². The SMILES string of the molecule is O=C(c1ccc(-c2ccc(Cl)cc2)cc1)N1CC2C(C1)[C@@H]1CN(C(=O)c3ccc4n[nH]nc4c3)C[C@H]21.[HH].[HH]. The molecule has 7 nitrogen and oxygen atoms in total. The predicted octanol–water partition coefficient (Wildman–Crippen LogP) is 4.86. The quantitative estimate of drug-likeness (QED) is 0.434. The van der Waals surface area contributed by atoms with E-state index in [1.54, 1.807) is 6.07 Å². The number of H-pyrrole nitrogens is 1. The van der Waals surface area contributed by atoms with Crippen LogP contribution in [0.5, 0.6) is 0 Å². The first-order valence-electron chi connectivity index (χ1n) is 12.3. The molecule has 3 aromatic carbocycles. The number of likely N-dealkylation sites (tertiary alicyclic amines) is 2. The number of fused-ring (bicyclic) bond motifs is 5. The summed E-state index contributed by atoms with van der Waals surface area (Å²) in [6.07, 6.45) is 0. The molecule has 4 atom stereocenters. The van der Waals surface area contributed by atoms with Gasteiger partial charge < -0.3 is 9.80 Å². The van der Waals surface area contributed by atoms with Crippen molar-refractivity contribution in [3.05, 3.63) is 82.9 Å². The van der Waals surface area contributed by atoms with E-state index in [2.05, 4.69) is 15.4 Å². The van der Waals surface area contributed by atoms with Crippen LogP contribution in [0.15, 0.2) is 66.7 Å². The molecule has 0 spiro atoms. The van der Waals surface area contributed by atoms with Crippen molar-refractivity contribution >= 4 is 34.4 Å². The number of halogens is 1. The number of aromatic nitrogens is 3. The Hall–Kier alpha value is -3.71. The van der Waals surface area contributed by atoms with Gasteiger partial charge in [0.2, 0.25) is 0 Å². The summed E-state index contributed by atoms with van der Waals surface area (Å²) in [5.41, 5.74) is 4.97. The third-order valence-corrected chi connectivity index (χ3v) is 8.62. The van der Waals surface area contributed by atoms with Crippen LogP contribution in [0.25, 0.3) is 22.2 Å². The molecule has 7 rings (SSSR count). The van der Waals surface area contributed by atoms with Gasteiger partial charge in [0.15, 0.2) is 0 Å². The van der Waals surface area contributed by atoms with Crippen LogP contribution in [-0.4, -0.2) is 63.2 Å². The fourth-order valence-electron chi connectivity index (χ4n) is 6.49. The Morgan fingerprint density at radius 3 is 1.75 bits per heavy atom. The molecule has 8 heteroatoms. The van der Waals surface area contributed by atoms with Crippen molar-refractivity contribution < 1.29 is 12.4 Å². The lowest BCUT2D eigenvalue weighted by atomic mass is 9.60. The molecule has 3 heterocycles. The lowest BCUT2D eigenvalue weighted by molar-refractivity contribution is 0.0629. The third-order valence-electron chi connectivity index (χ3n) is 8.37. The Bertz CT molecular complexity index is 1470. The van der Waals surface area contributed by atoms with Gasteiger partial charge in [0, 0.05) is 45.2 Å². The van der Waals surface area contributed by atoms with Crippen molar-refractivity contribution in [2.24, 2.45) is 23.7 Å². The van der Waals surface area contributed by atoms with Crippen molar-refractivity contribution in [1.82, 2.24) is 25.2 Å². The second-order valence-electron chi connectivity index (χ2n) is 10.2. The second kappa shape index (κ2) is 8.17. The summed E-state index contributed by atoms with van der Waals surface area (Å²) in [4.78, 5) is 30.4. The molecule has 2 aliphatic heterocycles. The van der Waals surface area contributed by atoms with E-state index >= 15 is 0 Å². The van der Waals surface area contributed by atoms with Crippen LogP contribution < -0.4 is 0 Å². The molecular weight excluding hydrogens is 474 g/mol. The van der Waals surface area contributed by atoms with Gasteiger partial charge in [-0.1, -0.05) is 35.9 Å². The van der Waals surface area contributed by atoms with Gasteiger partial charge in [-0.25, -0.2) is 0 Å². The predicted molar refractivity (Wildman–Crippen MR) is 141 cm³/mol. The fourth-order valence-corrected chi connectivity index (χ4v) is 6.62. The molecule has 0 bridgehead atoms. The van der Waals surface area contributed by atoms with Gasteiger partial charge >= 0.3 is 0 Å². The molecule has 2 saturated heterocycles. The van der Waals surface area contributed by atoms with Crippen molar-refractivity contribution in [3.8, 4) is 11.1 Å². The first kappa shape index (κ1) is 21.6. The monoisotopic (exact) mass is 501 g/mol. The highest BCUT2D eigenvalue weighted by molar-refractivity contribution is 6.30. The normalized spacial score (nSPS) is 24.5. The van der Waals surface area contributed by atoms with E-state index in [9.17, 15) is 9.59 Å². The molecular formula is C28H28ClN5O2. The Morgan fingerprint density at radius 2 is 1.17 bits per heavy atom. The zero-order valence-corrected chi connectivity index (χ0v) is 20.2. The first-order chi connectivity index (χ1) is 17.5. The van der Waals surface area contributed by atoms with E-state index in [4.69, 9.17) is 11.6 Å². The lowest BCUT2D eigenvalue weighted by Gasteiger charge is -2.42. The van der Waals surface area contributed by atoms with Crippen LogP contribution >= 0.6 is 11.6 Å². The van der Waals surface area contributed by atoms with Crippen molar-refractivity contribution in [3.63, 3.8) is 0 Å². The Balaban J connectivity index is 0.00000147. The molecule has 36 heavy (non-hydrogen) atoms. The Morgan fingerprint density at radius 1 is 0.694 bits per heavy atom. The number of carbonyl (C=O) groups excluding carboxylic acids is 2. The summed E-state index contributed by atoms with van der Waals surface area (Å²) in [5.74, 6) is 2.05. The first-order valence-corrected chi connectivity index (χ1v) is 12.7. The summed E-state index contributed by atoms with van der Waals surface area (Å²) in [6, 6.07) is 21.0. The molecule has 1 aliphatic carbocycles. The number of aromatic amines is 1. The molecule has 1 saturated carbocycles. The van der Waals surface area contributed by atoms with Crippen LogP contribution in [0.2, 0.25) is 5.02 Å². The minimum atomic E-state index is 0. The maximum absolute atomic E-state index is 13.3. The highest BCUT2D eigenvalue weighted by Gasteiger charge is 2.59. The standard InChI is InChI=1S/C28H24ClN5O2.2H2/c29-20-8-5-17(6-9-20)16-1-3-18(4-2-16)27(35)33-12-21-22(13-33)24-15-34(14-23(21)24)28(36)19-7-10-25-26(11-19)31-32-30-25;;/h1-11,21-24H,12-15H2,(H,30,31,32);2*1H/t21?,22?,23-,24+;;. The number of rotatable bonds is 3. The molecule has 2 amide bonds. The van der Waals surface area contributed by atoms with Gasteiger partial charge in [0.05, 0.1) is 0 Å². The molecule has 0 radical (unpaired) electrons. The number of hydrogen-bond acceptors (Lipinski definition) is 4.